The highest BCUT2D eigenvalue weighted by Crippen LogP contribution is 2.32. The summed E-state index contributed by atoms with van der Waals surface area (Å²) in [7, 11) is 0. The van der Waals surface area contributed by atoms with Crippen molar-refractivity contribution in [2.45, 2.75) is 57.4 Å². The Balaban J connectivity index is 1.74. The summed E-state index contributed by atoms with van der Waals surface area (Å²) < 4.78 is 27.6. The molecule has 35 heavy (non-hydrogen) atoms. The Bertz CT molecular complexity index is 1190. The molecule has 1 saturated carbocycles. The van der Waals surface area contributed by atoms with Gasteiger partial charge in [0.15, 0.2) is 16.8 Å². The standard InChI is InChI=1S/C29H32F2N2OS/c1-20-11-14-28(21(2)15-20)35-29(32-24-12-13-26(30)27(31)17-24)33(18-22-7-4-3-5-8-22)19-23-9-6-10-25(34)16-23/h6,9-17,22,34H,3-5,7-8,18-19H2,1-2H3. The molecule has 0 spiro atoms. The van der Waals surface area contributed by atoms with Crippen LogP contribution >= 0.6 is 11.8 Å². The van der Waals surface area contributed by atoms with Gasteiger partial charge in [-0.3, -0.25) is 0 Å². The highest BCUT2D eigenvalue weighted by molar-refractivity contribution is 8.13. The van der Waals surface area contributed by atoms with Crippen molar-refractivity contribution >= 4 is 22.6 Å². The number of halogens is 2. The van der Waals surface area contributed by atoms with Crippen molar-refractivity contribution < 1.29 is 13.9 Å². The van der Waals surface area contributed by atoms with E-state index in [2.05, 4.69) is 36.9 Å². The molecule has 0 saturated heterocycles. The van der Waals surface area contributed by atoms with Gasteiger partial charge in [0.05, 0.1) is 5.69 Å². The largest absolute Gasteiger partial charge is 0.508 e. The molecule has 1 aliphatic carbocycles. The quantitative estimate of drug-likeness (QED) is 0.213. The minimum Gasteiger partial charge on any atom is -0.508 e. The fourth-order valence-electron chi connectivity index (χ4n) is 4.60. The Morgan fingerprint density at radius 3 is 2.49 bits per heavy atom. The zero-order valence-electron chi connectivity index (χ0n) is 20.3. The number of rotatable bonds is 6. The minimum atomic E-state index is -0.908. The van der Waals surface area contributed by atoms with Crippen molar-refractivity contribution in [2.24, 2.45) is 10.9 Å². The number of hydrogen-bond donors (Lipinski definition) is 1. The van der Waals surface area contributed by atoms with Gasteiger partial charge in [-0.1, -0.05) is 60.9 Å². The second kappa shape index (κ2) is 11.7. The lowest BCUT2D eigenvalue weighted by molar-refractivity contribution is 0.272. The number of benzene rings is 3. The molecule has 3 nitrogen and oxygen atoms in total. The number of nitrogens with zero attached hydrogens (tertiary/aromatic N) is 2. The van der Waals surface area contributed by atoms with Crippen molar-refractivity contribution in [3.63, 3.8) is 0 Å². The molecular formula is C29H32F2N2OS. The Kier molecular flexibility index (Phi) is 8.45. The van der Waals surface area contributed by atoms with E-state index in [4.69, 9.17) is 4.99 Å². The van der Waals surface area contributed by atoms with Crippen molar-refractivity contribution in [1.29, 1.82) is 0 Å². The minimum absolute atomic E-state index is 0.223. The maximum atomic E-state index is 14.0. The predicted molar refractivity (Wildman–Crippen MR) is 140 cm³/mol. The van der Waals surface area contributed by atoms with E-state index in [9.17, 15) is 13.9 Å². The Labute approximate surface area is 210 Å². The number of phenols is 1. The first-order valence-corrected chi connectivity index (χ1v) is 13.0. The van der Waals surface area contributed by atoms with Crippen molar-refractivity contribution in [2.75, 3.05) is 6.54 Å². The van der Waals surface area contributed by atoms with Crippen molar-refractivity contribution in [1.82, 2.24) is 4.90 Å². The number of hydrogen-bond acceptors (Lipinski definition) is 3. The number of phenolic OH excluding ortho intramolecular Hbond substituents is 1. The topological polar surface area (TPSA) is 35.8 Å². The van der Waals surface area contributed by atoms with Gasteiger partial charge in [0.2, 0.25) is 0 Å². The van der Waals surface area contributed by atoms with E-state index in [-0.39, 0.29) is 5.75 Å². The first-order chi connectivity index (χ1) is 16.9. The molecular weight excluding hydrogens is 462 g/mol. The molecule has 184 valence electrons. The van der Waals surface area contributed by atoms with Crippen LogP contribution in [0.1, 0.15) is 48.8 Å². The van der Waals surface area contributed by atoms with E-state index in [1.165, 1.54) is 43.7 Å². The smallest absolute Gasteiger partial charge is 0.169 e. The fourth-order valence-corrected chi connectivity index (χ4v) is 5.57. The van der Waals surface area contributed by atoms with Crippen LogP contribution in [0.3, 0.4) is 0 Å². The van der Waals surface area contributed by atoms with Gasteiger partial charge in [0.25, 0.3) is 0 Å². The van der Waals surface area contributed by atoms with Gasteiger partial charge < -0.3 is 10.0 Å². The summed E-state index contributed by atoms with van der Waals surface area (Å²) in [6.07, 6.45) is 6.07. The predicted octanol–water partition coefficient (Wildman–Crippen LogP) is 8.15. The molecule has 3 aromatic carbocycles. The number of amidine groups is 1. The highest BCUT2D eigenvalue weighted by Gasteiger charge is 2.22. The van der Waals surface area contributed by atoms with E-state index in [0.29, 0.717) is 18.2 Å². The third-order valence-corrected chi connectivity index (χ3v) is 7.63. The lowest BCUT2D eigenvalue weighted by Gasteiger charge is -2.32. The molecule has 0 bridgehead atoms. The third-order valence-electron chi connectivity index (χ3n) is 6.42. The fraction of sp³-hybridized carbons (Fsp3) is 0.345. The Hall–Kier alpha value is -2.86. The van der Waals surface area contributed by atoms with Crippen LogP contribution in [0.15, 0.2) is 70.6 Å². The SMILES string of the molecule is Cc1ccc(SC(=Nc2ccc(F)c(F)c2)N(Cc2cccc(O)c2)CC2CCCCC2)c(C)c1. The number of aryl methyl sites for hydroxylation is 2. The maximum Gasteiger partial charge on any atom is 0.169 e. The average molecular weight is 495 g/mol. The molecule has 0 amide bonds. The van der Waals surface area contributed by atoms with Crippen LogP contribution in [-0.4, -0.2) is 21.7 Å². The van der Waals surface area contributed by atoms with Crippen LogP contribution in [0, 0.1) is 31.4 Å². The molecule has 0 radical (unpaired) electrons. The average Bonchev–Trinajstić information content (AvgIpc) is 2.83. The normalized spacial score (nSPS) is 14.8. The summed E-state index contributed by atoms with van der Waals surface area (Å²) >= 11 is 1.55. The van der Waals surface area contributed by atoms with E-state index >= 15 is 0 Å². The summed E-state index contributed by atoms with van der Waals surface area (Å²) in [5.41, 5.74) is 3.67. The molecule has 6 heteroatoms. The summed E-state index contributed by atoms with van der Waals surface area (Å²) in [4.78, 5) is 8.14. The van der Waals surface area contributed by atoms with Crippen molar-refractivity contribution in [3.05, 3.63) is 89.0 Å². The van der Waals surface area contributed by atoms with E-state index < -0.39 is 11.6 Å². The van der Waals surface area contributed by atoms with Crippen LogP contribution in [0.4, 0.5) is 14.5 Å². The van der Waals surface area contributed by atoms with E-state index in [1.54, 1.807) is 23.9 Å². The number of thioether (sulfide) groups is 1. The van der Waals surface area contributed by atoms with E-state index in [0.717, 1.165) is 39.9 Å². The van der Waals surface area contributed by atoms with Gasteiger partial charge in [-0.2, -0.15) is 0 Å². The Morgan fingerprint density at radius 1 is 0.971 bits per heavy atom. The molecule has 0 aromatic heterocycles. The zero-order chi connectivity index (χ0) is 24.8. The maximum absolute atomic E-state index is 14.0. The van der Waals surface area contributed by atoms with Crippen LogP contribution in [-0.2, 0) is 6.54 Å². The summed E-state index contributed by atoms with van der Waals surface area (Å²) in [6.45, 7) is 5.52. The molecule has 0 heterocycles. The summed E-state index contributed by atoms with van der Waals surface area (Å²) in [5.74, 6) is -1.03. The lowest BCUT2D eigenvalue weighted by atomic mass is 9.89. The first-order valence-electron chi connectivity index (χ1n) is 12.2. The van der Waals surface area contributed by atoms with Crippen molar-refractivity contribution in [3.8, 4) is 5.75 Å². The monoisotopic (exact) mass is 494 g/mol. The number of aliphatic imine (C=N–C) groups is 1. The van der Waals surface area contributed by atoms with Gasteiger partial charge >= 0.3 is 0 Å². The molecule has 4 rings (SSSR count). The van der Waals surface area contributed by atoms with Gasteiger partial charge in [-0.25, -0.2) is 13.8 Å². The van der Waals surface area contributed by atoms with Gasteiger partial charge in [-0.05, 0) is 74.1 Å². The second-order valence-electron chi connectivity index (χ2n) is 9.42. The van der Waals surface area contributed by atoms with Crippen LogP contribution in [0.25, 0.3) is 0 Å². The van der Waals surface area contributed by atoms with Crippen LogP contribution in [0.5, 0.6) is 5.75 Å². The van der Waals surface area contributed by atoms with Crippen LogP contribution < -0.4 is 0 Å². The second-order valence-corrected chi connectivity index (χ2v) is 10.4. The molecule has 0 atom stereocenters. The Morgan fingerprint density at radius 2 is 1.77 bits per heavy atom. The van der Waals surface area contributed by atoms with Gasteiger partial charge in [0, 0.05) is 24.1 Å². The van der Waals surface area contributed by atoms with Gasteiger partial charge in [0.1, 0.15) is 5.75 Å². The third kappa shape index (κ3) is 7.07. The molecule has 0 unspecified atom stereocenters. The molecule has 3 aromatic rings. The summed E-state index contributed by atoms with van der Waals surface area (Å²) in [6, 6.07) is 17.3. The van der Waals surface area contributed by atoms with Gasteiger partial charge in [-0.15, -0.1) is 0 Å². The van der Waals surface area contributed by atoms with Crippen LogP contribution in [0.2, 0.25) is 0 Å². The first kappa shape index (κ1) is 25.2. The molecule has 1 N–H and O–H groups in total. The zero-order valence-corrected chi connectivity index (χ0v) is 21.1. The highest BCUT2D eigenvalue weighted by atomic mass is 32.2. The van der Waals surface area contributed by atoms with E-state index in [1.807, 2.05) is 12.1 Å². The lowest BCUT2D eigenvalue weighted by Crippen LogP contribution is -2.34. The molecule has 1 aliphatic rings. The summed E-state index contributed by atoms with van der Waals surface area (Å²) in [5, 5.41) is 10.8. The number of aromatic hydroxyl groups is 1. The molecule has 1 fully saturated rings. The molecule has 0 aliphatic heterocycles.